The van der Waals surface area contributed by atoms with Crippen molar-refractivity contribution in [2.24, 2.45) is 0 Å². The van der Waals surface area contributed by atoms with Crippen LogP contribution in [0.2, 0.25) is 0 Å². The first-order valence-electron chi connectivity index (χ1n) is 17.0. The van der Waals surface area contributed by atoms with Crippen LogP contribution in [0.4, 0.5) is 0 Å². The molecule has 1 N–H and O–H groups in total. The Hall–Kier alpha value is -0.0800. The van der Waals surface area contributed by atoms with Crippen LogP contribution in [0.15, 0.2) is 0 Å². The molecule has 0 spiro atoms. The highest BCUT2D eigenvalue weighted by Crippen LogP contribution is 2.14. The van der Waals surface area contributed by atoms with Crippen molar-refractivity contribution < 1.29 is 4.74 Å². The van der Waals surface area contributed by atoms with Gasteiger partial charge in [-0.25, -0.2) is 0 Å². The van der Waals surface area contributed by atoms with Crippen LogP contribution >= 0.6 is 0 Å². The zero-order valence-corrected chi connectivity index (χ0v) is 26.1. The van der Waals surface area contributed by atoms with Gasteiger partial charge in [-0.3, -0.25) is 0 Å². The van der Waals surface area contributed by atoms with E-state index in [1.165, 1.54) is 180 Å². The molecule has 0 radical (unpaired) electrons. The first-order valence-corrected chi connectivity index (χ1v) is 17.0. The predicted octanol–water partition coefficient (Wildman–Crippen LogP) is 11.8. The van der Waals surface area contributed by atoms with Gasteiger partial charge in [0.25, 0.3) is 0 Å². The van der Waals surface area contributed by atoms with Crippen LogP contribution in [0.25, 0.3) is 0 Å². The summed E-state index contributed by atoms with van der Waals surface area (Å²) in [6.07, 6.45) is 40.1. The van der Waals surface area contributed by atoms with E-state index >= 15 is 0 Å². The Kier molecular flexibility index (Phi) is 41.7. The molecule has 2 nitrogen and oxygen atoms in total. The van der Waals surface area contributed by atoms with Crippen LogP contribution in [-0.2, 0) is 4.74 Å². The highest BCUT2D eigenvalue weighted by atomic mass is 16.5. The fourth-order valence-electron chi connectivity index (χ4n) is 4.90. The predicted molar refractivity (Wildman–Crippen MR) is 166 cm³/mol. The Morgan fingerprint density at radius 2 is 0.472 bits per heavy atom. The van der Waals surface area contributed by atoms with Gasteiger partial charge in [0.2, 0.25) is 0 Å². The maximum absolute atomic E-state index is 5.85. The molecule has 0 unspecified atom stereocenters. The Balaban J connectivity index is 0. The van der Waals surface area contributed by atoms with E-state index in [-0.39, 0.29) is 0 Å². The second kappa shape index (κ2) is 39.4. The molecule has 2 heteroatoms. The van der Waals surface area contributed by atoms with Gasteiger partial charge in [0.1, 0.15) is 0 Å². The van der Waals surface area contributed by atoms with Gasteiger partial charge in [0, 0.05) is 13.2 Å². The minimum absolute atomic E-state index is 0.997. The zero-order valence-electron chi connectivity index (χ0n) is 26.1. The largest absolute Gasteiger partial charge is 0.381 e. The van der Waals surface area contributed by atoms with E-state index in [9.17, 15) is 0 Å². The molecule has 0 atom stereocenters. The molecule has 0 aromatic carbocycles. The zero-order chi connectivity index (χ0) is 26.6. The molecular formula is C34H73NO. The van der Waals surface area contributed by atoms with Crippen molar-refractivity contribution in [3.8, 4) is 0 Å². The van der Waals surface area contributed by atoms with E-state index in [4.69, 9.17) is 4.74 Å². The number of ether oxygens (including phenoxy) is 1. The maximum atomic E-state index is 5.85. The van der Waals surface area contributed by atoms with E-state index in [0.717, 1.165) is 13.2 Å². The average Bonchev–Trinajstić information content (AvgIpc) is 2.88. The van der Waals surface area contributed by atoms with E-state index in [1.807, 2.05) is 14.1 Å². The van der Waals surface area contributed by atoms with Gasteiger partial charge < -0.3 is 10.1 Å². The van der Waals surface area contributed by atoms with Gasteiger partial charge >= 0.3 is 0 Å². The van der Waals surface area contributed by atoms with E-state index in [1.54, 1.807) is 0 Å². The highest BCUT2D eigenvalue weighted by Gasteiger charge is 1.96. The standard InChI is InChI=1S/C32H66O.C2H7N/c1-3-5-7-9-11-13-15-17-19-21-23-25-27-29-31-33-32-30-28-26-24-22-20-18-16-14-12-10-8-6-4-2;1-3-2/h3-32H2,1-2H3;3H,1-2H3. The van der Waals surface area contributed by atoms with Gasteiger partial charge in [0.05, 0.1) is 0 Å². The summed E-state index contributed by atoms with van der Waals surface area (Å²) in [5.41, 5.74) is 0. The van der Waals surface area contributed by atoms with Crippen molar-refractivity contribution in [2.45, 2.75) is 194 Å². The third-order valence-corrected chi connectivity index (χ3v) is 7.28. The first kappa shape index (κ1) is 38.1. The Bertz CT molecular complexity index is 303. The molecule has 220 valence electrons. The average molecular weight is 512 g/mol. The lowest BCUT2D eigenvalue weighted by molar-refractivity contribution is 0.125. The molecule has 0 heterocycles. The number of hydrogen-bond acceptors (Lipinski definition) is 2. The fraction of sp³-hybridized carbons (Fsp3) is 1.00. The summed E-state index contributed by atoms with van der Waals surface area (Å²) >= 11 is 0. The summed E-state index contributed by atoms with van der Waals surface area (Å²) in [6, 6.07) is 0. The van der Waals surface area contributed by atoms with Gasteiger partial charge in [0.15, 0.2) is 0 Å². The summed E-state index contributed by atoms with van der Waals surface area (Å²) in [6.45, 7) is 6.59. The third kappa shape index (κ3) is 41.1. The first-order chi connectivity index (χ1) is 17.8. The summed E-state index contributed by atoms with van der Waals surface area (Å²) in [5.74, 6) is 0. The van der Waals surface area contributed by atoms with Crippen LogP contribution in [-0.4, -0.2) is 27.3 Å². The van der Waals surface area contributed by atoms with Crippen LogP contribution in [0, 0.1) is 0 Å². The molecule has 0 aliphatic carbocycles. The molecule has 0 fully saturated rings. The molecule has 0 amide bonds. The molecule has 0 bridgehead atoms. The number of hydrogen-bond donors (Lipinski definition) is 1. The third-order valence-electron chi connectivity index (χ3n) is 7.28. The lowest BCUT2D eigenvalue weighted by Gasteiger charge is -2.05. The highest BCUT2D eigenvalue weighted by molar-refractivity contribution is 4.51. The van der Waals surface area contributed by atoms with Gasteiger partial charge in [-0.1, -0.05) is 181 Å². The maximum Gasteiger partial charge on any atom is 0.0466 e. The van der Waals surface area contributed by atoms with E-state index in [2.05, 4.69) is 19.2 Å². The molecule has 0 aromatic heterocycles. The number of rotatable bonds is 30. The molecule has 0 rings (SSSR count). The molecule has 0 saturated carbocycles. The monoisotopic (exact) mass is 512 g/mol. The summed E-state index contributed by atoms with van der Waals surface area (Å²) in [5, 5.41) is 2.75. The quantitative estimate of drug-likeness (QED) is 0.0968. The summed E-state index contributed by atoms with van der Waals surface area (Å²) in [4.78, 5) is 0. The van der Waals surface area contributed by atoms with Crippen LogP contribution in [0.1, 0.15) is 194 Å². The minimum atomic E-state index is 0.997. The Morgan fingerprint density at radius 1 is 0.306 bits per heavy atom. The smallest absolute Gasteiger partial charge is 0.0466 e. The van der Waals surface area contributed by atoms with Crippen molar-refractivity contribution in [1.82, 2.24) is 5.32 Å². The van der Waals surface area contributed by atoms with Crippen molar-refractivity contribution in [1.29, 1.82) is 0 Å². The molecular weight excluding hydrogens is 438 g/mol. The van der Waals surface area contributed by atoms with Crippen molar-refractivity contribution in [3.05, 3.63) is 0 Å². The summed E-state index contributed by atoms with van der Waals surface area (Å²) < 4.78 is 5.85. The number of nitrogens with one attached hydrogen (secondary N) is 1. The molecule has 0 saturated heterocycles. The molecule has 0 aliphatic rings. The van der Waals surface area contributed by atoms with Crippen molar-refractivity contribution in [3.63, 3.8) is 0 Å². The second-order valence-corrected chi connectivity index (χ2v) is 11.3. The molecule has 0 aliphatic heterocycles. The Labute approximate surface area is 230 Å². The SMILES string of the molecule is CCCCCCCCCCCCCCCCOCCCCCCCCCCCCCCCC.CNC. The van der Waals surface area contributed by atoms with Crippen LogP contribution in [0.5, 0.6) is 0 Å². The minimum Gasteiger partial charge on any atom is -0.381 e. The van der Waals surface area contributed by atoms with Crippen molar-refractivity contribution >= 4 is 0 Å². The molecule has 0 aromatic rings. The van der Waals surface area contributed by atoms with Gasteiger partial charge in [-0.05, 0) is 26.9 Å². The van der Waals surface area contributed by atoms with Gasteiger partial charge in [-0.2, -0.15) is 0 Å². The second-order valence-electron chi connectivity index (χ2n) is 11.3. The Morgan fingerprint density at radius 3 is 0.667 bits per heavy atom. The van der Waals surface area contributed by atoms with E-state index in [0.29, 0.717) is 0 Å². The lowest BCUT2D eigenvalue weighted by Crippen LogP contribution is -1.97. The topological polar surface area (TPSA) is 21.3 Å². The van der Waals surface area contributed by atoms with Crippen molar-refractivity contribution in [2.75, 3.05) is 27.3 Å². The van der Waals surface area contributed by atoms with Crippen LogP contribution < -0.4 is 5.32 Å². The van der Waals surface area contributed by atoms with Crippen LogP contribution in [0.3, 0.4) is 0 Å². The van der Waals surface area contributed by atoms with E-state index < -0.39 is 0 Å². The number of unbranched alkanes of at least 4 members (excludes halogenated alkanes) is 26. The lowest BCUT2D eigenvalue weighted by atomic mass is 10.0. The summed E-state index contributed by atoms with van der Waals surface area (Å²) in [7, 11) is 3.75. The molecule has 36 heavy (non-hydrogen) atoms. The fourth-order valence-corrected chi connectivity index (χ4v) is 4.90. The van der Waals surface area contributed by atoms with Gasteiger partial charge in [-0.15, -0.1) is 0 Å². The normalized spacial score (nSPS) is 11.0.